The highest BCUT2D eigenvalue weighted by molar-refractivity contribution is 5.71. The van der Waals surface area contributed by atoms with Gasteiger partial charge in [-0.1, -0.05) is 6.92 Å². The Hall–Kier alpha value is -1.92. The molecule has 0 radical (unpaired) electrons. The topological polar surface area (TPSA) is 75.4 Å². The number of aromatic nitrogens is 2. The lowest BCUT2D eigenvalue weighted by atomic mass is 9.99. The summed E-state index contributed by atoms with van der Waals surface area (Å²) in [7, 11) is 0. The van der Waals surface area contributed by atoms with E-state index in [0.717, 1.165) is 25.9 Å². The number of hydrogen-bond donors (Lipinski definition) is 0. The van der Waals surface area contributed by atoms with Crippen molar-refractivity contribution in [1.82, 2.24) is 9.97 Å². The highest BCUT2D eigenvalue weighted by Crippen LogP contribution is 2.35. The normalized spacial score (nSPS) is 16.0. The summed E-state index contributed by atoms with van der Waals surface area (Å²) in [6, 6.07) is 0. The second kappa shape index (κ2) is 6.69. The van der Waals surface area contributed by atoms with Crippen LogP contribution in [-0.4, -0.2) is 41.1 Å². The lowest BCUT2D eigenvalue weighted by Crippen LogP contribution is -2.34. The first-order chi connectivity index (χ1) is 10.1. The van der Waals surface area contributed by atoms with Crippen LogP contribution in [0, 0.1) is 16.0 Å². The van der Waals surface area contributed by atoms with E-state index in [2.05, 4.69) is 16.9 Å². The Morgan fingerprint density at radius 2 is 1.95 bits per heavy atom. The molecule has 1 saturated heterocycles. The van der Waals surface area contributed by atoms with Crippen LogP contribution >= 0.6 is 0 Å². The number of rotatable bonds is 5. The summed E-state index contributed by atoms with van der Waals surface area (Å²) >= 11 is 0. The van der Waals surface area contributed by atoms with Crippen molar-refractivity contribution in [3.8, 4) is 0 Å². The molecule has 1 aliphatic rings. The lowest BCUT2D eigenvalue weighted by Gasteiger charge is -2.31. The Morgan fingerprint density at radius 3 is 2.48 bits per heavy atom. The van der Waals surface area contributed by atoms with E-state index in [1.807, 2.05) is 23.6 Å². The van der Waals surface area contributed by atoms with Gasteiger partial charge in [-0.15, -0.1) is 0 Å². The van der Waals surface area contributed by atoms with Crippen LogP contribution in [0.25, 0.3) is 0 Å². The number of nitro groups is 1. The Kier molecular flexibility index (Phi) is 4.93. The molecule has 1 aliphatic heterocycles. The van der Waals surface area contributed by atoms with Crippen LogP contribution in [0.15, 0.2) is 6.33 Å². The Labute approximate surface area is 125 Å². The number of hydrogen-bond acceptors (Lipinski definition) is 6. The summed E-state index contributed by atoms with van der Waals surface area (Å²) in [5.41, 5.74) is 0.0377. The molecule has 7 heteroatoms. The maximum atomic E-state index is 11.6. The molecular weight excluding hydrogens is 270 g/mol. The predicted octanol–water partition coefficient (Wildman–Crippen LogP) is 2.47. The molecule has 0 N–H and O–H groups in total. The fraction of sp³-hybridized carbons (Fsp3) is 0.714. The molecule has 7 nitrogen and oxygen atoms in total. The minimum Gasteiger partial charge on any atom is -0.351 e. The summed E-state index contributed by atoms with van der Waals surface area (Å²) < 4.78 is 0. The summed E-state index contributed by atoms with van der Waals surface area (Å²) in [6.07, 6.45) is 3.53. The third-order valence-corrected chi connectivity index (χ3v) is 4.11. The Balaban J connectivity index is 2.41. The van der Waals surface area contributed by atoms with Crippen LogP contribution in [0.3, 0.4) is 0 Å². The van der Waals surface area contributed by atoms with Crippen molar-refractivity contribution in [2.45, 2.75) is 33.6 Å². The quantitative estimate of drug-likeness (QED) is 0.613. The molecule has 116 valence electrons. The van der Waals surface area contributed by atoms with Crippen molar-refractivity contribution in [2.24, 2.45) is 5.92 Å². The second-order valence-corrected chi connectivity index (χ2v) is 5.47. The standard InChI is InChI=1S/C14H23N5O2/c1-4-17(5-2)13-12(19(20)21)14(16-10-15-13)18-8-6-11(3)7-9-18/h10-11H,4-9H2,1-3H3. The van der Waals surface area contributed by atoms with Gasteiger partial charge in [0.1, 0.15) is 6.33 Å². The maximum Gasteiger partial charge on any atom is 0.353 e. The van der Waals surface area contributed by atoms with Gasteiger partial charge < -0.3 is 9.80 Å². The minimum atomic E-state index is -0.346. The van der Waals surface area contributed by atoms with E-state index in [1.54, 1.807) is 0 Å². The molecule has 21 heavy (non-hydrogen) atoms. The summed E-state index contributed by atoms with van der Waals surface area (Å²) in [5.74, 6) is 1.56. The second-order valence-electron chi connectivity index (χ2n) is 5.47. The Morgan fingerprint density at radius 1 is 1.33 bits per heavy atom. The zero-order valence-electron chi connectivity index (χ0n) is 12.9. The molecule has 0 bridgehead atoms. The van der Waals surface area contributed by atoms with E-state index < -0.39 is 0 Å². The van der Waals surface area contributed by atoms with Gasteiger partial charge in [0.2, 0.25) is 11.6 Å². The first kappa shape index (κ1) is 15.5. The molecule has 0 spiro atoms. The van der Waals surface area contributed by atoms with Crippen molar-refractivity contribution >= 4 is 17.3 Å². The van der Waals surface area contributed by atoms with Gasteiger partial charge in [-0.25, -0.2) is 9.97 Å². The van der Waals surface area contributed by atoms with Gasteiger partial charge in [0.05, 0.1) is 4.92 Å². The zero-order chi connectivity index (χ0) is 15.4. The average Bonchev–Trinajstić information content (AvgIpc) is 2.49. The SMILES string of the molecule is CCN(CC)c1ncnc(N2CCC(C)CC2)c1[N+](=O)[O-]. The van der Waals surface area contributed by atoms with Crippen molar-refractivity contribution in [1.29, 1.82) is 0 Å². The molecule has 0 aromatic carbocycles. The van der Waals surface area contributed by atoms with Gasteiger partial charge in [-0.05, 0) is 32.6 Å². The number of piperidine rings is 1. The first-order valence-corrected chi connectivity index (χ1v) is 7.57. The van der Waals surface area contributed by atoms with Crippen molar-refractivity contribution < 1.29 is 4.92 Å². The molecule has 0 amide bonds. The summed E-state index contributed by atoms with van der Waals surface area (Å²) in [4.78, 5) is 23.5. The van der Waals surface area contributed by atoms with Gasteiger partial charge >= 0.3 is 5.69 Å². The van der Waals surface area contributed by atoms with Gasteiger partial charge in [0.25, 0.3) is 0 Å². The first-order valence-electron chi connectivity index (χ1n) is 7.57. The van der Waals surface area contributed by atoms with Crippen LogP contribution in [-0.2, 0) is 0 Å². The molecule has 0 unspecified atom stereocenters. The van der Waals surface area contributed by atoms with E-state index in [4.69, 9.17) is 0 Å². The molecule has 0 aliphatic carbocycles. The van der Waals surface area contributed by atoms with Crippen LogP contribution in [0.5, 0.6) is 0 Å². The molecule has 1 fully saturated rings. The van der Waals surface area contributed by atoms with E-state index in [9.17, 15) is 10.1 Å². The van der Waals surface area contributed by atoms with E-state index in [1.165, 1.54) is 6.33 Å². The van der Waals surface area contributed by atoms with Crippen LogP contribution in [0.2, 0.25) is 0 Å². The molecule has 2 heterocycles. The molecule has 0 atom stereocenters. The highest BCUT2D eigenvalue weighted by Gasteiger charge is 2.30. The van der Waals surface area contributed by atoms with Crippen LogP contribution in [0.1, 0.15) is 33.6 Å². The van der Waals surface area contributed by atoms with Gasteiger partial charge in [0.15, 0.2) is 0 Å². The number of anilines is 2. The fourth-order valence-corrected chi connectivity index (χ4v) is 2.73. The third kappa shape index (κ3) is 3.22. The van der Waals surface area contributed by atoms with Crippen molar-refractivity contribution in [2.75, 3.05) is 36.0 Å². The molecule has 1 aromatic heterocycles. The van der Waals surface area contributed by atoms with E-state index in [-0.39, 0.29) is 10.6 Å². The molecular formula is C14H23N5O2. The van der Waals surface area contributed by atoms with Crippen LogP contribution in [0.4, 0.5) is 17.3 Å². The number of nitrogens with zero attached hydrogens (tertiary/aromatic N) is 5. The Bertz CT molecular complexity index is 496. The van der Waals surface area contributed by atoms with E-state index in [0.29, 0.717) is 30.6 Å². The maximum absolute atomic E-state index is 11.6. The zero-order valence-corrected chi connectivity index (χ0v) is 12.9. The predicted molar refractivity (Wildman–Crippen MR) is 82.9 cm³/mol. The highest BCUT2D eigenvalue weighted by atomic mass is 16.6. The third-order valence-electron chi connectivity index (χ3n) is 4.11. The van der Waals surface area contributed by atoms with E-state index >= 15 is 0 Å². The summed E-state index contributed by atoms with van der Waals surface area (Å²) in [5, 5.41) is 11.6. The van der Waals surface area contributed by atoms with Crippen molar-refractivity contribution in [3.63, 3.8) is 0 Å². The average molecular weight is 293 g/mol. The smallest absolute Gasteiger partial charge is 0.351 e. The summed E-state index contributed by atoms with van der Waals surface area (Å²) in [6.45, 7) is 9.16. The fourth-order valence-electron chi connectivity index (χ4n) is 2.73. The van der Waals surface area contributed by atoms with Crippen molar-refractivity contribution in [3.05, 3.63) is 16.4 Å². The largest absolute Gasteiger partial charge is 0.353 e. The van der Waals surface area contributed by atoms with Gasteiger partial charge in [-0.3, -0.25) is 10.1 Å². The van der Waals surface area contributed by atoms with Gasteiger partial charge in [0, 0.05) is 26.2 Å². The minimum absolute atomic E-state index is 0.0377. The monoisotopic (exact) mass is 293 g/mol. The van der Waals surface area contributed by atoms with Gasteiger partial charge in [-0.2, -0.15) is 0 Å². The van der Waals surface area contributed by atoms with Crippen LogP contribution < -0.4 is 9.80 Å². The molecule has 1 aromatic rings. The lowest BCUT2D eigenvalue weighted by molar-refractivity contribution is -0.383. The molecule has 2 rings (SSSR count). The molecule has 0 saturated carbocycles.